The van der Waals surface area contributed by atoms with Crippen LogP contribution in [0.3, 0.4) is 0 Å². The van der Waals surface area contributed by atoms with E-state index in [0.717, 1.165) is 45.7 Å². The third-order valence-electron chi connectivity index (χ3n) is 3.68. The van der Waals surface area contributed by atoms with E-state index in [0.29, 0.717) is 12.3 Å². The molecule has 3 heterocycles. The van der Waals surface area contributed by atoms with Gasteiger partial charge in [-0.3, -0.25) is 4.79 Å². The van der Waals surface area contributed by atoms with Crippen LogP contribution in [-0.2, 0) is 9.53 Å². The van der Waals surface area contributed by atoms with Crippen molar-refractivity contribution in [2.75, 3.05) is 18.9 Å². The van der Waals surface area contributed by atoms with Gasteiger partial charge in [-0.15, -0.1) is 21.5 Å². The first-order valence-electron chi connectivity index (χ1n) is 7.91. The van der Waals surface area contributed by atoms with E-state index in [9.17, 15) is 4.79 Å². The predicted octanol–water partition coefficient (Wildman–Crippen LogP) is 2.60. The average molecular weight is 364 g/mol. The number of aromatic nitrogens is 3. The summed E-state index contributed by atoms with van der Waals surface area (Å²) in [4.78, 5) is 17.3. The van der Waals surface area contributed by atoms with Crippen LogP contribution in [-0.4, -0.2) is 46.1 Å². The van der Waals surface area contributed by atoms with Gasteiger partial charge < -0.3 is 10.1 Å². The second-order valence-corrected chi connectivity index (χ2v) is 7.83. The standard InChI is InChI=1S/C16H20N4O2S2/c1-10-16(24-11(2)18-10)13-5-6-15(20-19-13)23-9-14(21)17-8-12-4-3-7-22-12/h5-6,12H,3-4,7-9H2,1-2H3,(H,17,21). The second kappa shape index (κ2) is 8.04. The fourth-order valence-corrected chi connectivity index (χ4v) is 4.04. The van der Waals surface area contributed by atoms with E-state index >= 15 is 0 Å². The van der Waals surface area contributed by atoms with Crippen molar-refractivity contribution in [2.24, 2.45) is 0 Å². The number of thioether (sulfide) groups is 1. The highest BCUT2D eigenvalue weighted by Crippen LogP contribution is 2.28. The van der Waals surface area contributed by atoms with Crippen LogP contribution in [0.5, 0.6) is 0 Å². The van der Waals surface area contributed by atoms with Crippen LogP contribution in [0.4, 0.5) is 0 Å². The van der Waals surface area contributed by atoms with Crippen LogP contribution in [0, 0.1) is 13.8 Å². The zero-order valence-electron chi connectivity index (χ0n) is 13.7. The number of rotatable bonds is 6. The van der Waals surface area contributed by atoms with E-state index < -0.39 is 0 Å². The molecule has 2 aromatic heterocycles. The van der Waals surface area contributed by atoms with Crippen molar-refractivity contribution >= 4 is 29.0 Å². The summed E-state index contributed by atoms with van der Waals surface area (Å²) < 4.78 is 5.48. The van der Waals surface area contributed by atoms with Gasteiger partial charge in [0.2, 0.25) is 5.91 Å². The van der Waals surface area contributed by atoms with Gasteiger partial charge in [-0.2, -0.15) is 0 Å². The van der Waals surface area contributed by atoms with E-state index in [2.05, 4.69) is 20.5 Å². The molecule has 6 nitrogen and oxygen atoms in total. The second-order valence-electron chi connectivity index (χ2n) is 5.63. The first kappa shape index (κ1) is 17.3. The Morgan fingerprint density at radius 2 is 2.29 bits per heavy atom. The molecule has 0 spiro atoms. The summed E-state index contributed by atoms with van der Waals surface area (Å²) in [5.74, 6) is 0.328. The highest BCUT2D eigenvalue weighted by molar-refractivity contribution is 7.99. The van der Waals surface area contributed by atoms with E-state index in [4.69, 9.17) is 4.74 Å². The van der Waals surface area contributed by atoms with Crippen LogP contribution in [0.15, 0.2) is 17.2 Å². The van der Waals surface area contributed by atoms with Gasteiger partial charge in [0.25, 0.3) is 0 Å². The van der Waals surface area contributed by atoms with Gasteiger partial charge >= 0.3 is 0 Å². The highest BCUT2D eigenvalue weighted by Gasteiger charge is 2.16. The highest BCUT2D eigenvalue weighted by atomic mass is 32.2. The smallest absolute Gasteiger partial charge is 0.230 e. The lowest BCUT2D eigenvalue weighted by atomic mass is 10.2. The van der Waals surface area contributed by atoms with Crippen molar-refractivity contribution in [1.82, 2.24) is 20.5 Å². The summed E-state index contributed by atoms with van der Waals surface area (Å²) in [5.41, 5.74) is 1.80. The quantitative estimate of drug-likeness (QED) is 0.794. The van der Waals surface area contributed by atoms with Crippen molar-refractivity contribution in [2.45, 2.75) is 37.8 Å². The van der Waals surface area contributed by atoms with Gasteiger partial charge in [-0.25, -0.2) is 4.98 Å². The molecule has 1 atom stereocenters. The predicted molar refractivity (Wildman–Crippen MR) is 95.3 cm³/mol. The molecule has 1 saturated heterocycles. The number of aryl methyl sites for hydroxylation is 2. The van der Waals surface area contributed by atoms with Crippen molar-refractivity contribution in [1.29, 1.82) is 0 Å². The lowest BCUT2D eigenvalue weighted by Gasteiger charge is -2.10. The molecular weight excluding hydrogens is 344 g/mol. The SMILES string of the molecule is Cc1nc(C)c(-c2ccc(SCC(=O)NCC3CCCO3)nn2)s1. The molecular formula is C16H20N4O2S2. The number of nitrogens with zero attached hydrogens (tertiary/aromatic N) is 3. The molecule has 0 aromatic carbocycles. The molecule has 0 aliphatic carbocycles. The lowest BCUT2D eigenvalue weighted by Crippen LogP contribution is -2.32. The zero-order valence-corrected chi connectivity index (χ0v) is 15.4. The molecule has 1 unspecified atom stereocenters. The number of amides is 1. The molecule has 1 amide bonds. The third kappa shape index (κ3) is 4.52. The van der Waals surface area contributed by atoms with Gasteiger partial charge in [0, 0.05) is 13.2 Å². The van der Waals surface area contributed by atoms with E-state index in [1.165, 1.54) is 11.8 Å². The molecule has 128 valence electrons. The number of hydrogen-bond acceptors (Lipinski definition) is 7. The molecule has 1 fully saturated rings. The summed E-state index contributed by atoms with van der Waals surface area (Å²) in [6.45, 7) is 5.35. The molecule has 0 saturated carbocycles. The van der Waals surface area contributed by atoms with Crippen LogP contribution in [0.1, 0.15) is 23.5 Å². The monoisotopic (exact) mass is 364 g/mol. The number of ether oxygens (including phenoxy) is 1. The van der Waals surface area contributed by atoms with Gasteiger partial charge in [-0.05, 0) is 38.8 Å². The number of carbonyl (C=O) groups excluding carboxylic acids is 1. The molecule has 2 aromatic rings. The lowest BCUT2D eigenvalue weighted by molar-refractivity contribution is -0.119. The molecule has 0 bridgehead atoms. The third-order valence-corrected chi connectivity index (χ3v) is 5.69. The maximum Gasteiger partial charge on any atom is 0.230 e. The zero-order chi connectivity index (χ0) is 16.9. The first-order chi connectivity index (χ1) is 11.6. The maximum atomic E-state index is 11.9. The van der Waals surface area contributed by atoms with Gasteiger partial charge in [-0.1, -0.05) is 11.8 Å². The maximum absolute atomic E-state index is 11.9. The molecule has 3 rings (SSSR count). The first-order valence-corrected chi connectivity index (χ1v) is 9.71. The number of hydrogen-bond donors (Lipinski definition) is 1. The fourth-order valence-electron chi connectivity index (χ4n) is 2.51. The van der Waals surface area contributed by atoms with E-state index in [-0.39, 0.29) is 12.0 Å². The molecule has 8 heteroatoms. The Bertz CT molecular complexity index is 697. The topological polar surface area (TPSA) is 77.0 Å². The number of carbonyl (C=O) groups is 1. The van der Waals surface area contributed by atoms with Crippen molar-refractivity contribution in [3.63, 3.8) is 0 Å². The van der Waals surface area contributed by atoms with E-state index in [1.807, 2.05) is 26.0 Å². The summed E-state index contributed by atoms with van der Waals surface area (Å²) in [7, 11) is 0. The summed E-state index contributed by atoms with van der Waals surface area (Å²) in [6, 6.07) is 3.83. The van der Waals surface area contributed by atoms with Crippen LogP contribution in [0.2, 0.25) is 0 Å². The molecule has 0 radical (unpaired) electrons. The minimum Gasteiger partial charge on any atom is -0.376 e. The molecule has 1 aliphatic rings. The van der Waals surface area contributed by atoms with Crippen LogP contribution >= 0.6 is 23.1 Å². The Labute approximate surface area is 149 Å². The number of nitrogens with one attached hydrogen (secondary N) is 1. The average Bonchev–Trinajstić information content (AvgIpc) is 3.21. The van der Waals surface area contributed by atoms with Crippen molar-refractivity contribution < 1.29 is 9.53 Å². The minimum atomic E-state index is -0.00435. The molecule has 24 heavy (non-hydrogen) atoms. The molecule has 1 aliphatic heterocycles. The summed E-state index contributed by atoms with van der Waals surface area (Å²) >= 11 is 3.00. The van der Waals surface area contributed by atoms with Crippen LogP contribution < -0.4 is 5.32 Å². The summed E-state index contributed by atoms with van der Waals surface area (Å²) in [6.07, 6.45) is 2.27. The van der Waals surface area contributed by atoms with Gasteiger partial charge in [0.05, 0.1) is 27.4 Å². The Morgan fingerprint density at radius 1 is 1.42 bits per heavy atom. The van der Waals surface area contributed by atoms with Crippen LogP contribution in [0.25, 0.3) is 10.6 Å². The Balaban J connectivity index is 1.49. The summed E-state index contributed by atoms with van der Waals surface area (Å²) in [5, 5.41) is 13.1. The normalized spacial score (nSPS) is 17.2. The van der Waals surface area contributed by atoms with E-state index in [1.54, 1.807) is 11.3 Å². The Hall–Kier alpha value is -1.51. The van der Waals surface area contributed by atoms with Crippen molar-refractivity contribution in [3.8, 4) is 10.6 Å². The fraction of sp³-hybridized carbons (Fsp3) is 0.500. The van der Waals surface area contributed by atoms with Crippen molar-refractivity contribution in [3.05, 3.63) is 22.8 Å². The largest absolute Gasteiger partial charge is 0.376 e. The van der Waals surface area contributed by atoms with Gasteiger partial charge in [0.1, 0.15) is 10.7 Å². The number of thiazole rings is 1. The molecule has 1 N–H and O–H groups in total. The Morgan fingerprint density at radius 3 is 2.92 bits per heavy atom. The minimum absolute atomic E-state index is 0.00435. The van der Waals surface area contributed by atoms with Gasteiger partial charge in [0.15, 0.2) is 0 Å². The Kier molecular flexibility index (Phi) is 5.80.